The Kier molecular flexibility index (Phi) is 6.36. The van der Waals surface area contributed by atoms with Crippen molar-refractivity contribution in [3.8, 4) is 5.69 Å². The Balaban J connectivity index is 1.78. The number of alkyl halides is 3. The van der Waals surface area contributed by atoms with Gasteiger partial charge in [-0.05, 0) is 62.1 Å². The van der Waals surface area contributed by atoms with Crippen LogP contribution in [0.3, 0.4) is 0 Å². The quantitative estimate of drug-likeness (QED) is 0.360. The second-order valence-corrected chi connectivity index (χ2v) is 9.28. The third kappa shape index (κ3) is 4.10. The Hall–Kier alpha value is -4.35. The number of rotatable bonds is 5. The van der Waals surface area contributed by atoms with E-state index in [1.807, 2.05) is 0 Å². The lowest BCUT2D eigenvalue weighted by Crippen LogP contribution is -2.44. The van der Waals surface area contributed by atoms with Gasteiger partial charge >= 0.3 is 23.5 Å². The second-order valence-electron chi connectivity index (χ2n) is 9.28. The highest BCUT2D eigenvalue weighted by molar-refractivity contribution is 5.88. The second kappa shape index (κ2) is 9.44. The Bertz CT molecular complexity index is 1810. The minimum Gasteiger partial charge on any atom is -0.462 e. The van der Waals surface area contributed by atoms with Crippen molar-refractivity contribution in [2.75, 3.05) is 6.61 Å². The van der Waals surface area contributed by atoms with Crippen LogP contribution in [0.15, 0.2) is 57.0 Å². The van der Waals surface area contributed by atoms with E-state index in [2.05, 4.69) is 0 Å². The molecule has 0 spiro atoms. The van der Waals surface area contributed by atoms with Crippen molar-refractivity contribution in [2.24, 2.45) is 7.05 Å². The minimum absolute atomic E-state index is 0.00392. The van der Waals surface area contributed by atoms with Crippen LogP contribution in [0.2, 0.25) is 0 Å². The van der Waals surface area contributed by atoms with Gasteiger partial charge < -0.3 is 4.74 Å². The van der Waals surface area contributed by atoms with Gasteiger partial charge in [0.05, 0.1) is 34.9 Å². The first-order valence-corrected chi connectivity index (χ1v) is 12.4. The Morgan fingerprint density at radius 3 is 2.46 bits per heavy atom. The Morgan fingerprint density at radius 1 is 1.05 bits per heavy atom. The molecule has 0 bridgehead atoms. The molecule has 0 fully saturated rings. The lowest BCUT2D eigenvalue weighted by Gasteiger charge is -2.19. The molecule has 1 atom stereocenters. The number of hydrogen-bond acceptors (Lipinski definition) is 5. The molecule has 39 heavy (non-hydrogen) atoms. The van der Waals surface area contributed by atoms with Crippen LogP contribution in [0.25, 0.3) is 16.7 Å². The molecular formula is C27H25F3N4O5. The van der Waals surface area contributed by atoms with Crippen LogP contribution in [-0.2, 0) is 30.9 Å². The monoisotopic (exact) mass is 542 g/mol. The van der Waals surface area contributed by atoms with E-state index >= 15 is 0 Å². The third-order valence-corrected chi connectivity index (χ3v) is 7.19. The van der Waals surface area contributed by atoms with Gasteiger partial charge in [0.2, 0.25) is 0 Å². The van der Waals surface area contributed by atoms with Crippen LogP contribution in [-0.4, -0.2) is 30.8 Å². The van der Waals surface area contributed by atoms with Gasteiger partial charge in [-0.3, -0.25) is 23.1 Å². The summed E-state index contributed by atoms with van der Waals surface area (Å²) in [7, 11) is 1.62. The van der Waals surface area contributed by atoms with E-state index in [4.69, 9.17) is 4.74 Å². The molecule has 4 aromatic rings. The third-order valence-electron chi connectivity index (χ3n) is 7.19. The van der Waals surface area contributed by atoms with E-state index in [0.29, 0.717) is 17.6 Å². The van der Waals surface area contributed by atoms with Gasteiger partial charge in [-0.15, -0.1) is 0 Å². The number of benzene rings is 2. The smallest absolute Gasteiger partial charge is 0.416 e. The first-order chi connectivity index (χ1) is 18.5. The van der Waals surface area contributed by atoms with Crippen LogP contribution >= 0.6 is 0 Å². The fourth-order valence-corrected chi connectivity index (χ4v) is 5.40. The highest BCUT2D eigenvalue weighted by Gasteiger charge is 2.38. The maximum Gasteiger partial charge on any atom is 0.416 e. The molecule has 1 aliphatic rings. The van der Waals surface area contributed by atoms with E-state index in [1.165, 1.54) is 21.3 Å². The number of halogens is 3. The average Bonchev–Trinajstić information content (AvgIpc) is 3.42. The summed E-state index contributed by atoms with van der Waals surface area (Å²) in [6.07, 6.45) is -3.45. The molecule has 1 aliphatic carbocycles. The van der Waals surface area contributed by atoms with E-state index in [-0.39, 0.29) is 42.0 Å². The Labute approximate surface area is 219 Å². The normalized spacial score (nSPS) is 15.1. The number of ether oxygens (including phenoxy) is 1. The number of fused-ring (bicyclic) bond motifs is 2. The lowest BCUT2D eigenvalue weighted by atomic mass is 10.0. The van der Waals surface area contributed by atoms with Gasteiger partial charge in [0.15, 0.2) is 0 Å². The summed E-state index contributed by atoms with van der Waals surface area (Å²) in [6.45, 7) is 3.69. The standard InChI is InChI=1S/C27H25F3N4O5/c1-4-32-22-13-15(9-11-21(22)31(3)25(32)37)33-14-18(24(36)39-5-2)23(35)34(26(33)38)20-12-10-16-17(20)7-6-8-19(16)27(28,29)30/h6-9,11,13-14,20H,4-5,10,12H2,1-3H3. The minimum atomic E-state index is -4.60. The number of hydrogen-bond donors (Lipinski definition) is 0. The summed E-state index contributed by atoms with van der Waals surface area (Å²) in [5, 5.41) is 0. The molecule has 2 aromatic carbocycles. The molecule has 0 amide bonds. The van der Waals surface area contributed by atoms with Crippen LogP contribution < -0.4 is 16.9 Å². The summed E-state index contributed by atoms with van der Waals surface area (Å²) in [6, 6.07) is 7.46. The number of aromatic nitrogens is 4. The Morgan fingerprint density at radius 2 is 1.79 bits per heavy atom. The molecule has 0 aliphatic heterocycles. The summed E-state index contributed by atoms with van der Waals surface area (Å²) < 4.78 is 51.0. The molecule has 5 rings (SSSR count). The fourth-order valence-electron chi connectivity index (χ4n) is 5.40. The van der Waals surface area contributed by atoms with Crippen molar-refractivity contribution in [1.29, 1.82) is 0 Å². The molecule has 204 valence electrons. The predicted octanol–water partition coefficient (Wildman–Crippen LogP) is 3.40. The van der Waals surface area contributed by atoms with E-state index in [9.17, 15) is 32.3 Å². The van der Waals surface area contributed by atoms with Crippen LogP contribution in [0.4, 0.5) is 13.2 Å². The number of esters is 1. The molecule has 2 heterocycles. The maximum absolute atomic E-state index is 13.8. The topological polar surface area (TPSA) is 97.2 Å². The van der Waals surface area contributed by atoms with E-state index < -0.39 is 40.6 Å². The number of aryl methyl sites for hydroxylation is 2. The SMILES string of the molecule is CCOC(=O)c1cn(-c2ccc3c(c2)n(CC)c(=O)n3C)c(=O)n(C2CCc3c2cccc3C(F)(F)F)c1=O. The molecule has 9 nitrogen and oxygen atoms in total. The average molecular weight is 543 g/mol. The zero-order valence-corrected chi connectivity index (χ0v) is 21.4. The zero-order chi connectivity index (χ0) is 28.2. The van der Waals surface area contributed by atoms with Gasteiger partial charge in [-0.2, -0.15) is 13.2 Å². The van der Waals surface area contributed by atoms with Crippen LogP contribution in [0.1, 0.15) is 53.4 Å². The first kappa shape index (κ1) is 26.3. The lowest BCUT2D eigenvalue weighted by molar-refractivity contribution is -0.138. The molecular weight excluding hydrogens is 517 g/mol. The van der Waals surface area contributed by atoms with Crippen molar-refractivity contribution >= 4 is 17.0 Å². The van der Waals surface area contributed by atoms with Crippen LogP contribution in [0.5, 0.6) is 0 Å². The summed E-state index contributed by atoms with van der Waals surface area (Å²) in [5.74, 6) is -0.960. The van der Waals surface area contributed by atoms with Crippen LogP contribution in [0, 0.1) is 0 Å². The summed E-state index contributed by atoms with van der Waals surface area (Å²) >= 11 is 0. The summed E-state index contributed by atoms with van der Waals surface area (Å²) in [4.78, 5) is 52.7. The highest BCUT2D eigenvalue weighted by atomic mass is 19.4. The summed E-state index contributed by atoms with van der Waals surface area (Å²) in [5.41, 5.74) is -1.64. The van der Waals surface area contributed by atoms with Crippen molar-refractivity contribution in [2.45, 2.75) is 45.5 Å². The number of carbonyl (C=O) groups is 1. The number of imidazole rings is 1. The van der Waals surface area contributed by atoms with Crippen molar-refractivity contribution < 1.29 is 22.7 Å². The molecule has 0 saturated carbocycles. The highest BCUT2D eigenvalue weighted by Crippen LogP contribution is 2.41. The largest absolute Gasteiger partial charge is 0.462 e. The zero-order valence-electron chi connectivity index (χ0n) is 21.4. The number of carbonyl (C=O) groups excluding carboxylic acids is 1. The molecule has 12 heteroatoms. The fraction of sp³-hybridized carbons (Fsp3) is 0.333. The van der Waals surface area contributed by atoms with Crippen molar-refractivity contribution in [3.05, 3.63) is 96.2 Å². The van der Waals surface area contributed by atoms with Gasteiger partial charge in [-0.25, -0.2) is 14.4 Å². The van der Waals surface area contributed by atoms with Gasteiger partial charge in [0.1, 0.15) is 5.56 Å². The van der Waals surface area contributed by atoms with Crippen molar-refractivity contribution in [3.63, 3.8) is 0 Å². The van der Waals surface area contributed by atoms with Gasteiger partial charge in [-0.1, -0.05) is 12.1 Å². The van der Waals surface area contributed by atoms with E-state index in [0.717, 1.165) is 21.4 Å². The van der Waals surface area contributed by atoms with Gasteiger partial charge in [0.25, 0.3) is 5.56 Å². The van der Waals surface area contributed by atoms with Gasteiger partial charge in [0, 0.05) is 19.8 Å². The molecule has 0 radical (unpaired) electrons. The van der Waals surface area contributed by atoms with Crippen molar-refractivity contribution in [1.82, 2.24) is 18.3 Å². The van der Waals surface area contributed by atoms with E-state index in [1.54, 1.807) is 39.1 Å². The predicted molar refractivity (Wildman–Crippen MR) is 137 cm³/mol. The first-order valence-electron chi connectivity index (χ1n) is 12.4. The number of nitrogens with zero attached hydrogens (tertiary/aromatic N) is 4. The molecule has 1 unspecified atom stereocenters. The maximum atomic E-state index is 13.8. The molecule has 2 aromatic heterocycles. The molecule has 0 N–H and O–H groups in total. The molecule has 0 saturated heterocycles.